The number of hydrogen-bond donors (Lipinski definition) is 0. The molecule has 3 aliphatic rings. The Hall–Kier alpha value is -10.2. The third-order valence-electron chi connectivity index (χ3n) is 17.5. The molecule has 0 saturated heterocycles. The molecule has 0 aliphatic carbocycles. The Balaban J connectivity index is 1.00. The van der Waals surface area contributed by atoms with Gasteiger partial charge in [-0.3, -0.25) is 0 Å². The fourth-order valence-corrected chi connectivity index (χ4v) is 29.0. The normalized spacial score (nSPS) is 14.3. The molecule has 0 amide bonds. The first kappa shape index (κ1) is 49.6. The van der Waals surface area contributed by atoms with Crippen molar-refractivity contribution in [3.63, 3.8) is 0 Å². The maximum atomic E-state index is 7.40. The van der Waals surface area contributed by atoms with Crippen LogP contribution >= 0.6 is 0 Å². The smallest absolute Gasteiger partial charge is 0.188 e. The first-order chi connectivity index (χ1) is 41.7. The number of nitrogens with zero attached hydrogens (tertiary/aromatic N) is 2. The van der Waals surface area contributed by atoms with Crippen molar-refractivity contribution in [2.24, 2.45) is 0 Å². The molecule has 0 atom stereocenters. The highest BCUT2D eigenvalue weighted by molar-refractivity contribution is 7.22. The average Bonchev–Trinajstić information content (AvgIpc) is 1.06. The Bertz CT molecular complexity index is 4050. The van der Waals surface area contributed by atoms with Crippen LogP contribution in [0.4, 0.5) is 0 Å². The molecule has 1 aromatic heterocycles. The van der Waals surface area contributed by atoms with Gasteiger partial charge in [-0.1, -0.05) is 273 Å². The molecule has 13 aromatic rings. The van der Waals surface area contributed by atoms with E-state index in [-0.39, 0.29) is 0 Å². The highest BCUT2D eigenvalue weighted by Gasteiger charge is 2.52. The first-order valence-electron chi connectivity index (χ1n) is 28.6. The van der Waals surface area contributed by atoms with E-state index in [0.29, 0.717) is 17.2 Å². The number of benzene rings is 12. The standard InChI is InChI=1S/C76H52N2O3Si3/c1-7-28-53(29-8-1)82(54-30-9-2-10-31-54)67-46-22-19-43-64(67)79-73-59(40-25-49-70(73)82)62-52-63(60-41-26-50-71-74(60)80-65-44-20-23-47-68(65)83(71,55-32-11-3-12-33-55)56-34-13-4-14-35-56)78-76(77-62)61-42-27-51-72-75(61)81-66-45-21-24-48-69(66)84(72,57-36-15-5-16-37-57)58-38-17-6-18-39-58/h1-52H. The lowest BCUT2D eigenvalue weighted by atomic mass is 10.0. The quantitative estimate of drug-likeness (QED) is 0.135. The van der Waals surface area contributed by atoms with E-state index in [4.69, 9.17) is 24.2 Å². The zero-order valence-electron chi connectivity index (χ0n) is 45.6. The molecule has 0 bridgehead atoms. The van der Waals surface area contributed by atoms with Gasteiger partial charge in [0.2, 0.25) is 0 Å². The number of hydrogen-bond acceptors (Lipinski definition) is 5. The number of aromatic nitrogens is 2. The largest absolute Gasteiger partial charge is 0.457 e. The molecule has 0 N–H and O–H groups in total. The molecular weight excluding hydrogens is 1070 g/mol. The van der Waals surface area contributed by atoms with Gasteiger partial charge in [-0.2, -0.15) is 0 Å². The summed E-state index contributed by atoms with van der Waals surface area (Å²) in [5, 5.41) is 14.6. The van der Waals surface area contributed by atoms with Crippen LogP contribution in [0, 0.1) is 0 Å². The van der Waals surface area contributed by atoms with E-state index < -0.39 is 24.2 Å². The zero-order chi connectivity index (χ0) is 55.7. The topological polar surface area (TPSA) is 53.5 Å². The minimum absolute atomic E-state index is 0.523. The van der Waals surface area contributed by atoms with Crippen LogP contribution in [0.1, 0.15) is 0 Å². The van der Waals surface area contributed by atoms with E-state index in [1.54, 1.807) is 0 Å². The Labute approximate surface area is 491 Å². The fraction of sp³-hybridized carbons (Fsp3) is 0. The number of ether oxygens (including phenoxy) is 3. The van der Waals surface area contributed by atoms with Crippen LogP contribution in [0.3, 0.4) is 0 Å². The van der Waals surface area contributed by atoms with E-state index in [1.165, 1.54) is 46.7 Å². The summed E-state index contributed by atoms with van der Waals surface area (Å²) in [6.07, 6.45) is 0. The summed E-state index contributed by atoms with van der Waals surface area (Å²) in [5.41, 5.74) is 3.93. The summed E-state index contributed by atoms with van der Waals surface area (Å²) >= 11 is 0. The van der Waals surface area contributed by atoms with Gasteiger partial charge in [-0.25, -0.2) is 9.97 Å². The van der Waals surface area contributed by atoms with Crippen molar-refractivity contribution in [2.45, 2.75) is 0 Å². The average molecular weight is 1130 g/mol. The monoisotopic (exact) mass is 1120 g/mol. The lowest BCUT2D eigenvalue weighted by Crippen LogP contribution is -2.76. The maximum absolute atomic E-state index is 7.40. The Kier molecular flexibility index (Phi) is 11.8. The molecule has 396 valence electrons. The van der Waals surface area contributed by atoms with Gasteiger partial charge in [-0.15, -0.1) is 0 Å². The Morgan fingerprint density at radius 3 is 0.750 bits per heavy atom. The fourth-order valence-electron chi connectivity index (χ4n) is 14.1. The molecule has 0 spiro atoms. The van der Waals surface area contributed by atoms with Crippen molar-refractivity contribution in [3.05, 3.63) is 315 Å². The molecule has 12 aromatic carbocycles. The molecule has 4 heterocycles. The minimum Gasteiger partial charge on any atom is -0.457 e. The lowest BCUT2D eigenvalue weighted by Gasteiger charge is -2.40. The van der Waals surface area contributed by atoms with E-state index in [2.05, 4.69) is 315 Å². The second-order valence-corrected chi connectivity index (χ2v) is 32.9. The molecule has 16 rings (SSSR count). The van der Waals surface area contributed by atoms with E-state index in [1.807, 2.05) is 0 Å². The van der Waals surface area contributed by atoms with E-state index in [0.717, 1.165) is 66.7 Å². The summed E-state index contributed by atoms with van der Waals surface area (Å²) in [7, 11) is -9.20. The molecule has 5 nitrogen and oxygen atoms in total. The van der Waals surface area contributed by atoms with Gasteiger partial charge in [0.15, 0.2) is 30.0 Å². The van der Waals surface area contributed by atoms with E-state index in [9.17, 15) is 0 Å². The van der Waals surface area contributed by atoms with Crippen LogP contribution in [0.5, 0.6) is 34.5 Å². The van der Waals surface area contributed by atoms with Gasteiger partial charge in [-0.05, 0) is 105 Å². The predicted octanol–water partition coefficient (Wildman–Crippen LogP) is 9.93. The van der Waals surface area contributed by atoms with Crippen LogP contribution in [-0.2, 0) is 0 Å². The molecule has 0 unspecified atom stereocenters. The predicted molar refractivity (Wildman–Crippen MR) is 349 cm³/mol. The van der Waals surface area contributed by atoms with Crippen LogP contribution in [0.25, 0.3) is 33.9 Å². The molecule has 3 aliphatic heterocycles. The second-order valence-electron chi connectivity index (χ2n) is 21.7. The van der Waals surface area contributed by atoms with Crippen molar-refractivity contribution in [3.8, 4) is 68.4 Å². The van der Waals surface area contributed by atoms with Gasteiger partial charge in [0.25, 0.3) is 0 Å². The summed E-state index contributed by atoms with van der Waals surface area (Å²) in [6, 6.07) is 114. The zero-order valence-corrected chi connectivity index (χ0v) is 48.6. The highest BCUT2D eigenvalue weighted by Crippen LogP contribution is 2.43. The van der Waals surface area contributed by atoms with Gasteiger partial charge in [0, 0.05) is 11.1 Å². The molecule has 0 radical (unpaired) electrons. The molecule has 0 saturated carbocycles. The summed E-state index contributed by atoms with van der Waals surface area (Å²) in [4.78, 5) is 11.6. The third kappa shape index (κ3) is 7.38. The Morgan fingerprint density at radius 2 is 0.452 bits per heavy atom. The van der Waals surface area contributed by atoms with Crippen molar-refractivity contribution >= 4 is 86.5 Å². The summed E-state index contributed by atoms with van der Waals surface area (Å²) in [6.45, 7) is 0. The van der Waals surface area contributed by atoms with Gasteiger partial charge >= 0.3 is 0 Å². The minimum atomic E-state index is -3.07. The highest BCUT2D eigenvalue weighted by atomic mass is 28.3. The number of rotatable bonds is 9. The molecule has 8 heteroatoms. The third-order valence-corrected chi connectivity index (χ3v) is 32.0. The number of para-hydroxylation sites is 6. The van der Waals surface area contributed by atoms with Crippen molar-refractivity contribution in [1.29, 1.82) is 0 Å². The van der Waals surface area contributed by atoms with E-state index >= 15 is 0 Å². The van der Waals surface area contributed by atoms with Gasteiger partial charge < -0.3 is 14.2 Å². The SMILES string of the molecule is c1ccc([Si]2(c3ccccc3)c3ccccc3Oc3c(-c4cc(-c5cccc6c5Oc5ccccc5[Si]6(c5ccccc5)c5ccccc5)nc(-c5cccc6c5Oc5ccccc5[Si]6(c5ccccc5)c5ccccc5)n4)cccc32)cc1. The van der Waals surface area contributed by atoms with Crippen molar-refractivity contribution in [2.75, 3.05) is 0 Å². The van der Waals surface area contributed by atoms with Crippen molar-refractivity contribution in [1.82, 2.24) is 9.97 Å². The summed E-state index contributed by atoms with van der Waals surface area (Å²) in [5.74, 6) is 5.34. The van der Waals surface area contributed by atoms with Crippen LogP contribution in [0.2, 0.25) is 0 Å². The van der Waals surface area contributed by atoms with Crippen LogP contribution in [-0.4, -0.2) is 34.2 Å². The number of fused-ring (bicyclic) bond motifs is 6. The molecule has 84 heavy (non-hydrogen) atoms. The molecule has 0 fully saturated rings. The summed E-state index contributed by atoms with van der Waals surface area (Å²) < 4.78 is 22.2. The van der Waals surface area contributed by atoms with Crippen LogP contribution in [0.15, 0.2) is 315 Å². The van der Waals surface area contributed by atoms with Gasteiger partial charge in [0.05, 0.1) is 17.0 Å². The Morgan fingerprint density at radius 1 is 0.214 bits per heavy atom. The van der Waals surface area contributed by atoms with Crippen LogP contribution < -0.4 is 76.5 Å². The first-order valence-corrected chi connectivity index (χ1v) is 34.6. The lowest BCUT2D eigenvalue weighted by molar-refractivity contribution is 0.488. The van der Waals surface area contributed by atoms with Crippen molar-refractivity contribution < 1.29 is 14.2 Å². The van der Waals surface area contributed by atoms with Gasteiger partial charge in [0.1, 0.15) is 34.5 Å². The maximum Gasteiger partial charge on any atom is 0.188 e. The molecular formula is C76H52N2O3Si3. The second kappa shape index (κ2) is 20.0.